The van der Waals surface area contributed by atoms with Crippen molar-refractivity contribution in [2.75, 3.05) is 20.1 Å². The molecule has 0 spiro atoms. The number of nitrogens with zero attached hydrogens (tertiary/aromatic N) is 1. The minimum absolute atomic E-state index is 0.00253. The lowest BCUT2D eigenvalue weighted by Crippen LogP contribution is -2.36. The highest BCUT2D eigenvalue weighted by Gasteiger charge is 2.21. The van der Waals surface area contributed by atoms with Crippen molar-refractivity contribution in [1.29, 1.82) is 0 Å². The highest BCUT2D eigenvalue weighted by atomic mass is 35.5. The molecule has 0 aromatic heterocycles. The molecule has 1 aliphatic rings. The number of rotatable bonds is 3. The molecule has 0 aliphatic carbocycles. The van der Waals surface area contributed by atoms with Crippen molar-refractivity contribution in [1.82, 2.24) is 10.2 Å². The second-order valence-electron chi connectivity index (χ2n) is 4.56. The molecule has 92 valence electrons. The van der Waals surface area contributed by atoms with Crippen LogP contribution >= 0.6 is 11.6 Å². The van der Waals surface area contributed by atoms with Crippen molar-refractivity contribution in [2.45, 2.75) is 18.3 Å². The van der Waals surface area contributed by atoms with Crippen molar-refractivity contribution in [2.24, 2.45) is 0 Å². The van der Waals surface area contributed by atoms with E-state index in [0.717, 1.165) is 25.1 Å². The van der Waals surface area contributed by atoms with E-state index in [4.69, 9.17) is 11.6 Å². The van der Waals surface area contributed by atoms with Gasteiger partial charge in [-0.15, -0.1) is 11.6 Å². The van der Waals surface area contributed by atoms with Crippen LogP contribution in [0.1, 0.15) is 22.3 Å². The van der Waals surface area contributed by atoms with Crippen LogP contribution in [0.15, 0.2) is 24.3 Å². The monoisotopic (exact) mass is 252 g/mol. The standard InChI is InChI=1S/C13H17ClN2O/c1-16-6-5-12(9-16)15-13(17)11-4-2-3-10(7-11)8-14/h2-4,7,12H,5-6,8-9H2,1H3,(H,15,17). The molecule has 1 aliphatic heterocycles. The first kappa shape index (κ1) is 12.4. The summed E-state index contributed by atoms with van der Waals surface area (Å²) >= 11 is 5.75. The van der Waals surface area contributed by atoms with Gasteiger partial charge < -0.3 is 10.2 Å². The minimum atomic E-state index is -0.00253. The van der Waals surface area contributed by atoms with Crippen molar-refractivity contribution < 1.29 is 4.79 Å². The predicted molar refractivity (Wildman–Crippen MR) is 69.4 cm³/mol. The van der Waals surface area contributed by atoms with Crippen LogP contribution in [-0.4, -0.2) is 37.0 Å². The van der Waals surface area contributed by atoms with Gasteiger partial charge >= 0.3 is 0 Å². The molecular formula is C13H17ClN2O. The van der Waals surface area contributed by atoms with E-state index < -0.39 is 0 Å². The van der Waals surface area contributed by atoms with Crippen LogP contribution in [0.4, 0.5) is 0 Å². The lowest BCUT2D eigenvalue weighted by Gasteiger charge is -2.13. The van der Waals surface area contributed by atoms with Crippen molar-refractivity contribution in [3.63, 3.8) is 0 Å². The molecule has 1 aromatic rings. The fourth-order valence-electron chi connectivity index (χ4n) is 2.12. The fraction of sp³-hybridized carbons (Fsp3) is 0.462. The second kappa shape index (κ2) is 5.52. The topological polar surface area (TPSA) is 32.3 Å². The molecule has 1 aromatic carbocycles. The van der Waals surface area contributed by atoms with Crippen LogP contribution in [-0.2, 0) is 5.88 Å². The molecule has 1 atom stereocenters. The molecule has 1 amide bonds. The maximum absolute atomic E-state index is 12.0. The zero-order valence-electron chi connectivity index (χ0n) is 9.95. The van der Waals surface area contributed by atoms with Crippen LogP contribution in [0, 0.1) is 0 Å². The third-order valence-corrected chi connectivity index (χ3v) is 3.38. The average molecular weight is 253 g/mol. The molecule has 0 bridgehead atoms. The molecule has 1 saturated heterocycles. The first-order chi connectivity index (χ1) is 8.19. The zero-order chi connectivity index (χ0) is 12.3. The number of hydrogen-bond acceptors (Lipinski definition) is 2. The number of carbonyl (C=O) groups is 1. The van der Waals surface area contributed by atoms with Crippen LogP contribution in [0.3, 0.4) is 0 Å². The molecule has 3 nitrogen and oxygen atoms in total. The van der Waals surface area contributed by atoms with E-state index in [2.05, 4.69) is 17.3 Å². The molecule has 1 unspecified atom stereocenters. The summed E-state index contributed by atoms with van der Waals surface area (Å²) in [5.74, 6) is 0.435. The van der Waals surface area contributed by atoms with E-state index in [0.29, 0.717) is 11.4 Å². The molecule has 1 N–H and O–H groups in total. The molecule has 17 heavy (non-hydrogen) atoms. The average Bonchev–Trinajstić information content (AvgIpc) is 2.75. The number of alkyl halides is 1. The summed E-state index contributed by atoms with van der Waals surface area (Å²) in [5.41, 5.74) is 1.67. The Morgan fingerprint density at radius 3 is 3.06 bits per heavy atom. The molecule has 4 heteroatoms. The van der Waals surface area contributed by atoms with Gasteiger partial charge in [-0.2, -0.15) is 0 Å². The molecule has 0 saturated carbocycles. The van der Waals surface area contributed by atoms with Gasteiger partial charge in [0.25, 0.3) is 5.91 Å². The molecule has 1 fully saturated rings. The van der Waals surface area contributed by atoms with Crippen molar-refractivity contribution >= 4 is 17.5 Å². The third kappa shape index (κ3) is 3.20. The molecule has 0 radical (unpaired) electrons. The first-order valence-corrected chi connectivity index (χ1v) is 6.37. The quantitative estimate of drug-likeness (QED) is 0.833. The van der Waals surface area contributed by atoms with Gasteiger partial charge in [0.15, 0.2) is 0 Å². The molecule has 2 rings (SSSR count). The normalized spacial score (nSPS) is 20.5. The zero-order valence-corrected chi connectivity index (χ0v) is 10.7. The Bertz CT molecular complexity index is 408. The van der Waals surface area contributed by atoms with Gasteiger partial charge in [0.2, 0.25) is 0 Å². The van der Waals surface area contributed by atoms with Crippen molar-refractivity contribution in [3.8, 4) is 0 Å². The summed E-state index contributed by atoms with van der Waals surface area (Å²) in [5, 5.41) is 3.05. The van der Waals surface area contributed by atoms with Gasteiger partial charge in [-0.1, -0.05) is 12.1 Å². The van der Waals surface area contributed by atoms with Gasteiger partial charge in [0, 0.05) is 24.0 Å². The summed E-state index contributed by atoms with van der Waals surface area (Å²) in [4.78, 5) is 14.2. The van der Waals surface area contributed by atoms with E-state index in [1.54, 1.807) is 0 Å². The first-order valence-electron chi connectivity index (χ1n) is 5.83. The summed E-state index contributed by atoms with van der Waals surface area (Å²) < 4.78 is 0. The maximum atomic E-state index is 12.0. The number of hydrogen-bond donors (Lipinski definition) is 1. The Morgan fingerprint density at radius 1 is 1.59 bits per heavy atom. The Morgan fingerprint density at radius 2 is 2.41 bits per heavy atom. The van der Waals surface area contributed by atoms with Gasteiger partial charge in [0.1, 0.15) is 0 Å². The van der Waals surface area contributed by atoms with Crippen LogP contribution in [0.25, 0.3) is 0 Å². The van der Waals surface area contributed by atoms with E-state index in [-0.39, 0.29) is 11.9 Å². The number of likely N-dealkylation sites (tertiary alicyclic amines) is 1. The van der Waals surface area contributed by atoms with E-state index in [1.165, 1.54) is 0 Å². The highest BCUT2D eigenvalue weighted by Crippen LogP contribution is 2.10. The SMILES string of the molecule is CN1CCC(NC(=O)c2cccc(CCl)c2)C1. The van der Waals surface area contributed by atoms with Gasteiger partial charge in [-0.25, -0.2) is 0 Å². The largest absolute Gasteiger partial charge is 0.348 e. The van der Waals surface area contributed by atoms with Crippen molar-refractivity contribution in [3.05, 3.63) is 35.4 Å². The van der Waals surface area contributed by atoms with E-state index in [9.17, 15) is 4.79 Å². The lowest BCUT2D eigenvalue weighted by molar-refractivity contribution is 0.0938. The second-order valence-corrected chi connectivity index (χ2v) is 4.82. The highest BCUT2D eigenvalue weighted by molar-refractivity contribution is 6.17. The summed E-state index contributed by atoms with van der Waals surface area (Å²) in [7, 11) is 2.07. The smallest absolute Gasteiger partial charge is 0.251 e. The molecule has 1 heterocycles. The Labute approximate surface area is 107 Å². The number of carbonyl (C=O) groups excluding carboxylic acids is 1. The number of halogens is 1. The minimum Gasteiger partial charge on any atom is -0.348 e. The van der Waals surface area contributed by atoms with Crippen LogP contribution in [0.5, 0.6) is 0 Å². The maximum Gasteiger partial charge on any atom is 0.251 e. The van der Waals surface area contributed by atoms with Gasteiger partial charge in [-0.3, -0.25) is 4.79 Å². The predicted octanol–water partition coefficient (Wildman–Crippen LogP) is 1.86. The number of nitrogens with one attached hydrogen (secondary N) is 1. The van der Waals surface area contributed by atoms with Crippen LogP contribution < -0.4 is 5.32 Å². The molecular weight excluding hydrogens is 236 g/mol. The third-order valence-electron chi connectivity index (χ3n) is 3.07. The summed E-state index contributed by atoms with van der Waals surface area (Å²) in [6.45, 7) is 1.98. The Hall–Kier alpha value is -1.06. The fourth-order valence-corrected chi connectivity index (χ4v) is 2.28. The number of benzene rings is 1. The Kier molecular flexibility index (Phi) is 4.02. The van der Waals surface area contributed by atoms with Gasteiger partial charge in [0.05, 0.1) is 0 Å². The van der Waals surface area contributed by atoms with Gasteiger partial charge in [-0.05, 0) is 37.7 Å². The summed E-state index contributed by atoms with van der Waals surface area (Å²) in [6.07, 6.45) is 1.03. The lowest BCUT2D eigenvalue weighted by atomic mass is 10.1. The number of likely N-dealkylation sites (N-methyl/N-ethyl adjacent to an activating group) is 1. The Balaban J connectivity index is 1.99. The van der Waals surface area contributed by atoms with E-state index in [1.807, 2.05) is 24.3 Å². The van der Waals surface area contributed by atoms with Crippen LogP contribution in [0.2, 0.25) is 0 Å². The van der Waals surface area contributed by atoms with E-state index >= 15 is 0 Å². The number of amides is 1. The summed E-state index contributed by atoms with van der Waals surface area (Å²) in [6, 6.07) is 7.73.